The minimum Gasteiger partial charge on any atom is -0.458 e. The molecule has 1 aromatic carbocycles. The molecule has 0 amide bonds. The first-order chi connectivity index (χ1) is 8.63. The highest BCUT2D eigenvalue weighted by molar-refractivity contribution is 7.80. The van der Waals surface area contributed by atoms with E-state index in [1.165, 1.54) is 0 Å². The predicted octanol–water partition coefficient (Wildman–Crippen LogP) is 0.530. The van der Waals surface area contributed by atoms with E-state index >= 15 is 0 Å². The molecule has 1 atom stereocenters. The molecule has 5 nitrogen and oxygen atoms in total. The first kappa shape index (κ1) is 14.5. The van der Waals surface area contributed by atoms with Crippen molar-refractivity contribution in [3.8, 4) is 0 Å². The molecule has 0 radical (unpaired) electrons. The van der Waals surface area contributed by atoms with Crippen LogP contribution in [-0.2, 0) is 25.7 Å². The fourth-order valence-corrected chi connectivity index (χ4v) is 1.24. The molecule has 0 spiro atoms. The number of rotatable bonds is 6. The summed E-state index contributed by atoms with van der Waals surface area (Å²) < 4.78 is 9.57. The van der Waals surface area contributed by atoms with Crippen LogP contribution in [0.1, 0.15) is 5.56 Å². The molecule has 98 valence electrons. The summed E-state index contributed by atoms with van der Waals surface area (Å²) in [4.78, 5) is 22.4. The normalized spacial score (nSPS) is 11.7. The Morgan fingerprint density at radius 3 is 2.50 bits per heavy atom. The molecule has 18 heavy (non-hydrogen) atoms. The topological polar surface area (TPSA) is 78.6 Å². The van der Waals surface area contributed by atoms with Crippen molar-refractivity contribution in [2.45, 2.75) is 12.6 Å². The van der Waals surface area contributed by atoms with Gasteiger partial charge in [0.2, 0.25) is 0 Å². The van der Waals surface area contributed by atoms with Gasteiger partial charge in [0.1, 0.15) is 12.6 Å². The van der Waals surface area contributed by atoms with Gasteiger partial charge in [0.05, 0.1) is 0 Å². The molecule has 2 N–H and O–H groups in total. The zero-order valence-electron chi connectivity index (χ0n) is 9.74. The zero-order valence-corrected chi connectivity index (χ0v) is 10.6. The highest BCUT2D eigenvalue weighted by atomic mass is 32.1. The van der Waals surface area contributed by atoms with E-state index in [1.807, 2.05) is 30.3 Å². The molecule has 0 saturated heterocycles. The Balaban J connectivity index is 2.24. The second-order valence-electron chi connectivity index (χ2n) is 3.54. The maximum absolute atomic E-state index is 11.3. The van der Waals surface area contributed by atoms with Crippen LogP contribution in [0, 0.1) is 0 Å². The van der Waals surface area contributed by atoms with E-state index in [0.29, 0.717) is 0 Å². The molecule has 0 heterocycles. The van der Waals surface area contributed by atoms with Crippen LogP contribution in [0.25, 0.3) is 0 Å². The minimum atomic E-state index is -0.824. The van der Waals surface area contributed by atoms with E-state index < -0.39 is 24.6 Å². The highest BCUT2D eigenvalue weighted by Crippen LogP contribution is 2.00. The average molecular weight is 269 g/mol. The Kier molecular flexibility index (Phi) is 6.24. The molecule has 0 saturated carbocycles. The van der Waals surface area contributed by atoms with Gasteiger partial charge in [0, 0.05) is 5.75 Å². The van der Waals surface area contributed by atoms with Gasteiger partial charge in [-0.05, 0) is 5.56 Å². The summed E-state index contributed by atoms with van der Waals surface area (Å²) in [6, 6.07) is 8.39. The number of hydrogen-bond acceptors (Lipinski definition) is 6. The molecular weight excluding hydrogens is 254 g/mol. The van der Waals surface area contributed by atoms with Crippen LogP contribution in [0.2, 0.25) is 0 Å². The van der Waals surface area contributed by atoms with Gasteiger partial charge >= 0.3 is 11.9 Å². The lowest BCUT2D eigenvalue weighted by molar-refractivity contribution is -0.160. The molecule has 0 unspecified atom stereocenters. The van der Waals surface area contributed by atoms with Gasteiger partial charge in [-0.25, -0.2) is 4.79 Å². The number of hydrogen-bond donors (Lipinski definition) is 2. The van der Waals surface area contributed by atoms with Crippen LogP contribution >= 0.6 is 12.6 Å². The molecule has 0 aliphatic carbocycles. The monoisotopic (exact) mass is 269 g/mol. The second kappa shape index (κ2) is 7.73. The van der Waals surface area contributed by atoms with Crippen molar-refractivity contribution < 1.29 is 19.1 Å². The van der Waals surface area contributed by atoms with E-state index in [2.05, 4.69) is 17.4 Å². The standard InChI is InChI=1S/C12H15NO4S/c13-10(8-18)12(15)17-7-11(14)16-6-9-4-2-1-3-5-9/h1-5,10,18H,6-8,13H2/t10-/m0/s1. The van der Waals surface area contributed by atoms with Crippen LogP contribution in [0.5, 0.6) is 0 Å². The molecule has 1 rings (SSSR count). The number of thiol groups is 1. The number of carbonyl (C=O) groups excluding carboxylic acids is 2. The van der Waals surface area contributed by atoms with Crippen molar-refractivity contribution in [1.29, 1.82) is 0 Å². The lowest BCUT2D eigenvalue weighted by atomic mass is 10.2. The number of benzene rings is 1. The minimum absolute atomic E-state index is 0.149. The van der Waals surface area contributed by atoms with Crippen molar-refractivity contribution >= 4 is 24.6 Å². The van der Waals surface area contributed by atoms with Gasteiger partial charge in [-0.15, -0.1) is 0 Å². The summed E-state index contributed by atoms with van der Waals surface area (Å²) in [6.07, 6.45) is 0. The van der Waals surface area contributed by atoms with Gasteiger partial charge in [-0.2, -0.15) is 12.6 Å². The smallest absolute Gasteiger partial charge is 0.344 e. The van der Waals surface area contributed by atoms with Crippen molar-refractivity contribution in [1.82, 2.24) is 0 Å². The SMILES string of the molecule is N[C@@H](CS)C(=O)OCC(=O)OCc1ccccc1. The molecular formula is C12H15NO4S. The Bertz CT molecular complexity index is 396. The predicted molar refractivity (Wildman–Crippen MR) is 69.0 cm³/mol. The van der Waals surface area contributed by atoms with Crippen LogP contribution in [-0.4, -0.2) is 30.3 Å². The zero-order chi connectivity index (χ0) is 13.4. The highest BCUT2D eigenvalue weighted by Gasteiger charge is 2.15. The van der Waals surface area contributed by atoms with E-state index in [4.69, 9.17) is 10.5 Å². The third-order valence-corrected chi connectivity index (χ3v) is 2.47. The van der Waals surface area contributed by atoms with Crippen LogP contribution < -0.4 is 5.73 Å². The number of esters is 2. The van der Waals surface area contributed by atoms with E-state index in [0.717, 1.165) is 5.56 Å². The summed E-state index contributed by atoms with van der Waals surface area (Å²) >= 11 is 3.85. The molecule has 0 aromatic heterocycles. The Morgan fingerprint density at radius 1 is 1.22 bits per heavy atom. The lowest BCUT2D eigenvalue weighted by Crippen LogP contribution is -2.35. The summed E-state index contributed by atoms with van der Waals surface area (Å²) in [7, 11) is 0. The van der Waals surface area contributed by atoms with Gasteiger partial charge in [-0.1, -0.05) is 30.3 Å². The van der Waals surface area contributed by atoms with E-state index in [-0.39, 0.29) is 12.4 Å². The maximum Gasteiger partial charge on any atom is 0.344 e. The van der Waals surface area contributed by atoms with Crippen molar-refractivity contribution in [2.75, 3.05) is 12.4 Å². The Hall–Kier alpha value is -1.53. The second-order valence-corrected chi connectivity index (χ2v) is 3.91. The summed E-state index contributed by atoms with van der Waals surface area (Å²) in [5, 5.41) is 0. The Labute approximate surface area is 111 Å². The molecule has 0 fully saturated rings. The number of ether oxygens (including phenoxy) is 2. The first-order valence-corrected chi connectivity index (χ1v) is 5.99. The maximum atomic E-state index is 11.3. The van der Waals surface area contributed by atoms with Gasteiger partial charge in [0.25, 0.3) is 0 Å². The fourth-order valence-electron chi connectivity index (χ4n) is 1.09. The lowest BCUT2D eigenvalue weighted by Gasteiger charge is -2.09. The molecule has 0 bridgehead atoms. The Morgan fingerprint density at radius 2 is 1.89 bits per heavy atom. The van der Waals surface area contributed by atoms with E-state index in [1.54, 1.807) is 0 Å². The summed E-state index contributed by atoms with van der Waals surface area (Å²) in [5.41, 5.74) is 6.23. The largest absolute Gasteiger partial charge is 0.458 e. The van der Waals surface area contributed by atoms with Crippen molar-refractivity contribution in [3.05, 3.63) is 35.9 Å². The van der Waals surface area contributed by atoms with Crippen LogP contribution in [0.4, 0.5) is 0 Å². The van der Waals surface area contributed by atoms with Gasteiger partial charge in [0.15, 0.2) is 6.61 Å². The molecule has 0 aliphatic rings. The van der Waals surface area contributed by atoms with Crippen LogP contribution in [0.3, 0.4) is 0 Å². The molecule has 6 heteroatoms. The van der Waals surface area contributed by atoms with Crippen molar-refractivity contribution in [2.24, 2.45) is 5.73 Å². The number of nitrogens with two attached hydrogens (primary N) is 1. The molecule has 1 aromatic rings. The van der Waals surface area contributed by atoms with Gasteiger partial charge < -0.3 is 15.2 Å². The quantitative estimate of drug-likeness (QED) is 0.582. The molecule has 0 aliphatic heterocycles. The van der Waals surface area contributed by atoms with E-state index in [9.17, 15) is 9.59 Å². The van der Waals surface area contributed by atoms with Crippen LogP contribution in [0.15, 0.2) is 30.3 Å². The third-order valence-electron chi connectivity index (χ3n) is 2.07. The summed E-state index contributed by atoms with van der Waals surface area (Å²) in [6.45, 7) is -0.289. The fraction of sp³-hybridized carbons (Fsp3) is 0.333. The average Bonchev–Trinajstić information content (AvgIpc) is 2.42. The number of carbonyl (C=O) groups is 2. The van der Waals surface area contributed by atoms with Gasteiger partial charge in [-0.3, -0.25) is 4.79 Å². The summed E-state index contributed by atoms with van der Waals surface area (Å²) in [5.74, 6) is -1.11. The first-order valence-electron chi connectivity index (χ1n) is 5.36. The van der Waals surface area contributed by atoms with Crippen molar-refractivity contribution in [3.63, 3.8) is 0 Å². The third kappa shape index (κ3) is 5.20.